The van der Waals surface area contributed by atoms with Gasteiger partial charge in [-0.2, -0.15) is 0 Å². The standard InChI is InChI=1S/C45H42ClF2N7O2/c1-2-57-44(56)37-28-18-20-29(21-19-28)38(37)51-40-34-22-23-54(33(24-47)25-48)42(34)53-41(52-40)35-27-55(43-39(35)50-36(46)26-49-43)45(30-12-6-3-7-13-30,31-14-8-4-9-15-31)32-16-10-5-11-17-32/h3-17,22-23,26-29,33,37-38H,2,18-21,24-25H2,1H3,(H,51,52,53)/t28?,29?,37-,38-/m0/s1. The number of benzene rings is 3. The number of nitrogens with one attached hydrogen (secondary N) is 1. The van der Waals surface area contributed by atoms with Crippen molar-refractivity contribution in [3.63, 3.8) is 0 Å². The van der Waals surface area contributed by atoms with Gasteiger partial charge >= 0.3 is 5.97 Å². The topological polar surface area (TPSA) is 99.8 Å². The number of esters is 1. The van der Waals surface area contributed by atoms with Gasteiger partial charge in [0, 0.05) is 18.4 Å². The number of hydrogen-bond donors (Lipinski definition) is 1. The Bertz CT molecular complexity index is 2420. The van der Waals surface area contributed by atoms with Crippen molar-refractivity contribution in [2.45, 2.75) is 50.2 Å². The number of aromatic nitrogens is 6. The van der Waals surface area contributed by atoms with Crippen molar-refractivity contribution in [1.29, 1.82) is 0 Å². The molecule has 57 heavy (non-hydrogen) atoms. The summed E-state index contributed by atoms with van der Waals surface area (Å²) >= 11 is 6.63. The SMILES string of the molecule is CCOC(=O)[C@H]1C2CCC(CC2)[C@@H]1Nc1nc(-c2cn(C(c3ccccc3)(c3ccccc3)c3ccccc3)c3ncc(Cl)nc23)nc2c1ccn2C(CF)CF. The molecule has 3 aliphatic carbocycles. The molecule has 0 amide bonds. The zero-order chi connectivity index (χ0) is 39.1. The van der Waals surface area contributed by atoms with Gasteiger partial charge in [-0.15, -0.1) is 0 Å². The van der Waals surface area contributed by atoms with E-state index in [1.807, 2.05) is 67.7 Å². The summed E-state index contributed by atoms with van der Waals surface area (Å²) < 4.78 is 38.1. The number of carbonyl (C=O) groups excluding carboxylic acids is 1. The van der Waals surface area contributed by atoms with Gasteiger partial charge in [-0.25, -0.2) is 28.7 Å². The number of ether oxygens (including phenoxy) is 1. The molecule has 4 heterocycles. The second kappa shape index (κ2) is 15.3. The Hall–Kier alpha value is -5.68. The van der Waals surface area contributed by atoms with Gasteiger partial charge < -0.3 is 19.2 Å². The van der Waals surface area contributed by atoms with Crippen LogP contribution >= 0.6 is 11.6 Å². The summed E-state index contributed by atoms with van der Waals surface area (Å²) in [6.07, 6.45) is 9.03. The minimum atomic E-state index is -1.09. The molecule has 3 saturated carbocycles. The molecule has 12 heteroatoms. The summed E-state index contributed by atoms with van der Waals surface area (Å²) in [7, 11) is 0. The van der Waals surface area contributed by atoms with E-state index in [0.29, 0.717) is 40.2 Å². The van der Waals surface area contributed by atoms with Crippen LogP contribution in [0.2, 0.25) is 5.15 Å². The predicted octanol–water partition coefficient (Wildman–Crippen LogP) is 9.60. The lowest BCUT2D eigenvalue weighted by Crippen LogP contribution is -2.52. The van der Waals surface area contributed by atoms with Gasteiger partial charge in [-0.1, -0.05) is 103 Å². The Kier molecular flexibility index (Phi) is 9.94. The number of rotatable bonds is 12. The first-order valence-corrected chi connectivity index (χ1v) is 20.0. The average molecular weight is 786 g/mol. The maximum Gasteiger partial charge on any atom is 0.311 e. The zero-order valence-electron chi connectivity index (χ0n) is 31.4. The third-order valence-corrected chi connectivity index (χ3v) is 12.2. The smallest absolute Gasteiger partial charge is 0.311 e. The van der Waals surface area contributed by atoms with E-state index in [-0.39, 0.29) is 40.7 Å². The van der Waals surface area contributed by atoms with Crippen molar-refractivity contribution in [3.05, 3.63) is 137 Å². The van der Waals surface area contributed by atoms with E-state index in [4.69, 9.17) is 36.3 Å². The monoisotopic (exact) mass is 785 g/mol. The quantitative estimate of drug-likeness (QED) is 0.0973. The van der Waals surface area contributed by atoms with Gasteiger partial charge in [0.15, 0.2) is 11.5 Å². The number of fused-ring (bicyclic) bond motifs is 5. The van der Waals surface area contributed by atoms with E-state index >= 15 is 0 Å². The second-order valence-electron chi connectivity index (χ2n) is 15.0. The lowest BCUT2D eigenvalue weighted by molar-refractivity contribution is -0.154. The van der Waals surface area contributed by atoms with Crippen LogP contribution in [0.4, 0.5) is 14.6 Å². The first-order chi connectivity index (χ1) is 28.0. The van der Waals surface area contributed by atoms with Gasteiger partial charge in [0.25, 0.3) is 0 Å². The van der Waals surface area contributed by atoms with Gasteiger partial charge in [0.05, 0.1) is 35.7 Å². The third kappa shape index (κ3) is 6.23. The molecule has 3 aromatic carbocycles. The van der Waals surface area contributed by atoms with Crippen LogP contribution in [0.5, 0.6) is 0 Å². The molecule has 290 valence electrons. The lowest BCUT2D eigenvalue weighted by Gasteiger charge is -2.47. The fourth-order valence-electron chi connectivity index (χ4n) is 9.49. The molecule has 1 N–H and O–H groups in total. The molecule has 7 aromatic rings. The fraction of sp³-hybridized carbons (Fsp3) is 0.311. The molecule has 3 aliphatic rings. The Morgan fingerprint density at radius 2 is 1.44 bits per heavy atom. The van der Waals surface area contributed by atoms with Crippen LogP contribution in [0.25, 0.3) is 33.6 Å². The van der Waals surface area contributed by atoms with E-state index < -0.39 is 24.9 Å². The molecular formula is C45H42ClF2N7O2. The van der Waals surface area contributed by atoms with Crippen LogP contribution in [0.15, 0.2) is 116 Å². The highest BCUT2D eigenvalue weighted by atomic mass is 35.5. The summed E-state index contributed by atoms with van der Waals surface area (Å²) in [5.41, 5.74) is 3.81. The Labute approximate surface area is 334 Å². The van der Waals surface area contributed by atoms with Gasteiger partial charge in [0.2, 0.25) is 0 Å². The maximum atomic E-state index is 14.4. The highest BCUT2D eigenvalue weighted by Crippen LogP contribution is 2.48. The molecule has 3 fully saturated rings. The molecule has 0 saturated heterocycles. The number of carbonyl (C=O) groups is 1. The molecule has 4 aromatic heterocycles. The predicted molar refractivity (Wildman–Crippen MR) is 218 cm³/mol. The fourth-order valence-corrected chi connectivity index (χ4v) is 9.62. The largest absolute Gasteiger partial charge is 0.466 e. The zero-order valence-corrected chi connectivity index (χ0v) is 32.2. The molecule has 10 rings (SSSR count). The van der Waals surface area contributed by atoms with Crippen LogP contribution < -0.4 is 5.32 Å². The van der Waals surface area contributed by atoms with Crippen molar-refractivity contribution < 1.29 is 18.3 Å². The highest BCUT2D eigenvalue weighted by molar-refractivity contribution is 6.29. The second-order valence-corrected chi connectivity index (χ2v) is 15.4. The van der Waals surface area contributed by atoms with Gasteiger partial charge in [0.1, 0.15) is 41.0 Å². The summed E-state index contributed by atoms with van der Waals surface area (Å²) in [4.78, 5) is 33.6. The number of halogens is 3. The van der Waals surface area contributed by atoms with Crippen molar-refractivity contribution in [3.8, 4) is 11.4 Å². The Balaban J connectivity index is 1.31. The molecule has 9 nitrogen and oxygen atoms in total. The highest BCUT2D eigenvalue weighted by Gasteiger charge is 2.48. The summed E-state index contributed by atoms with van der Waals surface area (Å²) in [5.74, 6) is 0.570. The molecule has 0 aliphatic heterocycles. The average Bonchev–Trinajstić information content (AvgIpc) is 3.85. The van der Waals surface area contributed by atoms with Crippen molar-refractivity contribution in [2.75, 3.05) is 25.3 Å². The summed E-state index contributed by atoms with van der Waals surface area (Å²) in [6, 6.07) is 31.1. The van der Waals surface area contributed by atoms with Crippen LogP contribution in [0.3, 0.4) is 0 Å². The van der Waals surface area contributed by atoms with E-state index in [0.717, 1.165) is 42.4 Å². The van der Waals surface area contributed by atoms with Crippen LogP contribution in [0.1, 0.15) is 55.3 Å². The Morgan fingerprint density at radius 1 is 0.842 bits per heavy atom. The molecule has 0 unspecified atom stereocenters. The van der Waals surface area contributed by atoms with Crippen LogP contribution in [-0.2, 0) is 15.1 Å². The van der Waals surface area contributed by atoms with E-state index in [1.54, 1.807) is 12.3 Å². The lowest BCUT2D eigenvalue weighted by atomic mass is 9.61. The number of anilines is 1. The van der Waals surface area contributed by atoms with Gasteiger partial charge in [-0.3, -0.25) is 4.79 Å². The summed E-state index contributed by atoms with van der Waals surface area (Å²) in [6.45, 7) is 0.272. The molecule has 0 spiro atoms. The summed E-state index contributed by atoms with van der Waals surface area (Å²) in [5, 5.41) is 4.47. The van der Waals surface area contributed by atoms with Crippen LogP contribution in [-0.4, -0.2) is 61.0 Å². The minimum Gasteiger partial charge on any atom is -0.466 e. The number of hydrogen-bond acceptors (Lipinski definition) is 7. The third-order valence-electron chi connectivity index (χ3n) is 12.0. The van der Waals surface area contributed by atoms with Crippen molar-refractivity contribution >= 4 is 45.6 Å². The molecular weight excluding hydrogens is 744 g/mol. The molecule has 2 atom stereocenters. The van der Waals surface area contributed by atoms with Crippen molar-refractivity contribution in [2.24, 2.45) is 17.8 Å². The van der Waals surface area contributed by atoms with Crippen LogP contribution in [0, 0.1) is 17.8 Å². The number of alkyl halides is 2. The first-order valence-electron chi connectivity index (χ1n) is 19.6. The van der Waals surface area contributed by atoms with Crippen molar-refractivity contribution in [1.82, 2.24) is 29.1 Å². The van der Waals surface area contributed by atoms with E-state index in [1.165, 1.54) is 10.8 Å². The van der Waals surface area contributed by atoms with Gasteiger partial charge in [-0.05, 0) is 67.2 Å². The normalized spacial score (nSPS) is 19.4. The first kappa shape index (κ1) is 36.9. The minimum absolute atomic E-state index is 0.180. The molecule has 2 bridgehead atoms. The number of nitrogens with zero attached hydrogens (tertiary/aromatic N) is 6. The van der Waals surface area contributed by atoms with E-state index in [9.17, 15) is 13.6 Å². The molecule has 0 radical (unpaired) electrons. The maximum absolute atomic E-state index is 14.4. The Morgan fingerprint density at radius 3 is 2.02 bits per heavy atom. The van der Waals surface area contributed by atoms with E-state index in [2.05, 4.69) is 46.3 Å².